The Kier molecular flexibility index (Phi) is 4.83. The Bertz CT molecular complexity index is 407. The Balaban J connectivity index is 2.25. The van der Waals surface area contributed by atoms with Crippen LogP contribution in [-0.4, -0.2) is 24.3 Å². The van der Waals surface area contributed by atoms with E-state index in [1.807, 2.05) is 12.1 Å². The van der Waals surface area contributed by atoms with Crippen molar-refractivity contribution in [2.24, 2.45) is 5.73 Å². The van der Waals surface area contributed by atoms with Crippen molar-refractivity contribution in [2.45, 2.75) is 57.2 Å². The zero-order valence-corrected chi connectivity index (χ0v) is 12.0. The van der Waals surface area contributed by atoms with Gasteiger partial charge < -0.3 is 15.7 Å². The largest absolute Gasteiger partial charge is 0.391 e. The summed E-state index contributed by atoms with van der Waals surface area (Å²) in [5.41, 5.74) is 8.56. The van der Waals surface area contributed by atoms with Gasteiger partial charge in [0.15, 0.2) is 0 Å². The highest BCUT2D eigenvalue weighted by molar-refractivity contribution is 5.55. The highest BCUT2D eigenvalue weighted by atomic mass is 16.3. The fourth-order valence-electron chi connectivity index (χ4n) is 3.06. The second-order valence-electron chi connectivity index (χ2n) is 5.60. The van der Waals surface area contributed by atoms with Crippen molar-refractivity contribution in [2.75, 3.05) is 11.9 Å². The molecule has 1 saturated carbocycles. The predicted molar refractivity (Wildman–Crippen MR) is 80.3 cm³/mol. The number of para-hydroxylation sites is 1. The van der Waals surface area contributed by atoms with E-state index in [2.05, 4.69) is 31.0 Å². The number of hydrogen-bond acceptors (Lipinski definition) is 3. The molecule has 0 spiro atoms. The van der Waals surface area contributed by atoms with E-state index < -0.39 is 0 Å². The Morgan fingerprint density at radius 3 is 2.68 bits per heavy atom. The standard InChI is InChI=1S/C16H26N2O/c1-3-13(17)12-8-4-5-9-14(12)18(2)15-10-6-7-11-16(15)19/h4-5,8-9,13,15-16,19H,3,6-7,10-11,17H2,1-2H3. The first-order valence-electron chi connectivity index (χ1n) is 7.40. The molecule has 0 aromatic heterocycles. The maximum atomic E-state index is 10.2. The Labute approximate surface area is 116 Å². The average molecular weight is 262 g/mol. The van der Waals surface area contributed by atoms with Crippen molar-refractivity contribution >= 4 is 5.69 Å². The molecule has 19 heavy (non-hydrogen) atoms. The molecule has 0 bridgehead atoms. The smallest absolute Gasteiger partial charge is 0.0743 e. The van der Waals surface area contributed by atoms with E-state index in [0.29, 0.717) is 0 Å². The van der Waals surface area contributed by atoms with Crippen LogP contribution in [0.3, 0.4) is 0 Å². The second kappa shape index (κ2) is 6.40. The van der Waals surface area contributed by atoms with Crippen LogP contribution < -0.4 is 10.6 Å². The molecule has 3 atom stereocenters. The number of benzene rings is 1. The van der Waals surface area contributed by atoms with Crippen LogP contribution in [0.15, 0.2) is 24.3 Å². The van der Waals surface area contributed by atoms with Crippen molar-refractivity contribution in [3.05, 3.63) is 29.8 Å². The second-order valence-corrected chi connectivity index (χ2v) is 5.60. The van der Waals surface area contributed by atoms with Gasteiger partial charge in [-0.2, -0.15) is 0 Å². The van der Waals surface area contributed by atoms with Gasteiger partial charge in [0.05, 0.1) is 12.1 Å². The SMILES string of the molecule is CCC(N)c1ccccc1N(C)C1CCCCC1O. The van der Waals surface area contributed by atoms with Gasteiger partial charge in [-0.15, -0.1) is 0 Å². The van der Waals surface area contributed by atoms with Gasteiger partial charge in [-0.1, -0.05) is 38.0 Å². The lowest BCUT2D eigenvalue weighted by Gasteiger charge is -2.38. The first-order valence-corrected chi connectivity index (χ1v) is 7.40. The molecule has 1 fully saturated rings. The van der Waals surface area contributed by atoms with Crippen molar-refractivity contribution in [3.8, 4) is 0 Å². The number of aliphatic hydroxyl groups is 1. The molecule has 1 aliphatic rings. The van der Waals surface area contributed by atoms with Crippen LogP contribution in [0.25, 0.3) is 0 Å². The molecule has 0 aliphatic heterocycles. The molecule has 0 heterocycles. The minimum atomic E-state index is -0.218. The number of hydrogen-bond donors (Lipinski definition) is 2. The normalized spacial score (nSPS) is 25.1. The molecule has 0 radical (unpaired) electrons. The van der Waals surface area contributed by atoms with E-state index >= 15 is 0 Å². The van der Waals surface area contributed by atoms with Gasteiger partial charge in [-0.05, 0) is 30.9 Å². The Hall–Kier alpha value is -1.06. The van der Waals surface area contributed by atoms with E-state index in [9.17, 15) is 5.11 Å². The van der Waals surface area contributed by atoms with Gasteiger partial charge >= 0.3 is 0 Å². The summed E-state index contributed by atoms with van der Waals surface area (Å²) in [5, 5.41) is 10.2. The van der Waals surface area contributed by atoms with E-state index in [0.717, 1.165) is 25.7 Å². The van der Waals surface area contributed by atoms with Crippen LogP contribution in [0, 0.1) is 0 Å². The van der Waals surface area contributed by atoms with Gasteiger partial charge in [-0.25, -0.2) is 0 Å². The van der Waals surface area contributed by atoms with Crippen LogP contribution in [0.1, 0.15) is 50.6 Å². The number of nitrogens with zero attached hydrogens (tertiary/aromatic N) is 1. The van der Waals surface area contributed by atoms with Crippen molar-refractivity contribution in [1.82, 2.24) is 0 Å². The Morgan fingerprint density at radius 2 is 2.00 bits per heavy atom. The summed E-state index contributed by atoms with van der Waals surface area (Å²) >= 11 is 0. The summed E-state index contributed by atoms with van der Waals surface area (Å²) < 4.78 is 0. The molecule has 1 aromatic carbocycles. The predicted octanol–water partition coefficient (Wildman–Crippen LogP) is 2.84. The van der Waals surface area contributed by atoms with E-state index in [4.69, 9.17) is 5.73 Å². The van der Waals surface area contributed by atoms with Crippen molar-refractivity contribution in [3.63, 3.8) is 0 Å². The summed E-state index contributed by atoms with van der Waals surface area (Å²) in [5.74, 6) is 0. The van der Waals surface area contributed by atoms with Crippen LogP contribution in [0.4, 0.5) is 5.69 Å². The zero-order valence-electron chi connectivity index (χ0n) is 12.0. The highest BCUT2D eigenvalue weighted by Crippen LogP contribution is 2.31. The number of nitrogens with two attached hydrogens (primary N) is 1. The Morgan fingerprint density at radius 1 is 1.32 bits per heavy atom. The molecular weight excluding hydrogens is 236 g/mol. The van der Waals surface area contributed by atoms with Gasteiger partial charge in [0, 0.05) is 18.8 Å². The monoisotopic (exact) mass is 262 g/mol. The lowest BCUT2D eigenvalue weighted by molar-refractivity contribution is 0.106. The van der Waals surface area contributed by atoms with Crippen LogP contribution in [-0.2, 0) is 0 Å². The summed E-state index contributed by atoms with van der Waals surface area (Å²) in [6.45, 7) is 2.11. The zero-order chi connectivity index (χ0) is 13.8. The van der Waals surface area contributed by atoms with E-state index in [1.165, 1.54) is 17.7 Å². The lowest BCUT2D eigenvalue weighted by atomic mass is 9.90. The third kappa shape index (κ3) is 3.10. The van der Waals surface area contributed by atoms with Gasteiger partial charge in [0.25, 0.3) is 0 Å². The number of anilines is 1. The fraction of sp³-hybridized carbons (Fsp3) is 0.625. The topological polar surface area (TPSA) is 49.5 Å². The minimum Gasteiger partial charge on any atom is -0.391 e. The third-order valence-corrected chi connectivity index (χ3v) is 4.35. The first-order chi connectivity index (χ1) is 9.15. The lowest BCUT2D eigenvalue weighted by Crippen LogP contribution is -2.44. The molecule has 1 aromatic rings. The van der Waals surface area contributed by atoms with Gasteiger partial charge in [0.2, 0.25) is 0 Å². The third-order valence-electron chi connectivity index (χ3n) is 4.35. The molecule has 3 N–H and O–H groups in total. The van der Waals surface area contributed by atoms with Crippen LogP contribution in [0.2, 0.25) is 0 Å². The fourth-order valence-corrected chi connectivity index (χ4v) is 3.06. The summed E-state index contributed by atoms with van der Waals surface area (Å²) in [7, 11) is 2.08. The molecule has 1 aliphatic carbocycles. The molecule has 0 amide bonds. The first kappa shape index (κ1) is 14.4. The van der Waals surface area contributed by atoms with Crippen molar-refractivity contribution in [1.29, 1.82) is 0 Å². The number of aliphatic hydroxyl groups excluding tert-OH is 1. The minimum absolute atomic E-state index is 0.0689. The maximum Gasteiger partial charge on any atom is 0.0743 e. The molecular formula is C16H26N2O. The molecule has 3 unspecified atom stereocenters. The summed E-state index contributed by atoms with van der Waals surface area (Å²) in [6, 6.07) is 8.60. The van der Waals surface area contributed by atoms with Gasteiger partial charge in [-0.3, -0.25) is 0 Å². The maximum absolute atomic E-state index is 10.2. The molecule has 0 saturated heterocycles. The molecule has 106 valence electrons. The highest BCUT2D eigenvalue weighted by Gasteiger charge is 2.28. The molecule has 2 rings (SSSR count). The van der Waals surface area contributed by atoms with Crippen LogP contribution in [0.5, 0.6) is 0 Å². The average Bonchev–Trinajstić information content (AvgIpc) is 2.46. The van der Waals surface area contributed by atoms with Crippen LogP contribution >= 0.6 is 0 Å². The van der Waals surface area contributed by atoms with Crippen molar-refractivity contribution < 1.29 is 5.11 Å². The molecule has 3 nitrogen and oxygen atoms in total. The number of likely N-dealkylation sites (N-methyl/N-ethyl adjacent to an activating group) is 1. The van der Waals surface area contributed by atoms with E-state index in [1.54, 1.807) is 0 Å². The van der Waals surface area contributed by atoms with E-state index in [-0.39, 0.29) is 18.2 Å². The molecule has 3 heteroatoms. The quantitative estimate of drug-likeness (QED) is 0.877. The summed E-state index contributed by atoms with van der Waals surface area (Å²) in [6.07, 6.45) is 5.03. The number of rotatable bonds is 4. The van der Waals surface area contributed by atoms with Gasteiger partial charge in [0.1, 0.15) is 0 Å². The summed E-state index contributed by atoms with van der Waals surface area (Å²) in [4.78, 5) is 2.23.